The summed E-state index contributed by atoms with van der Waals surface area (Å²) in [5.74, 6) is -2.50. The maximum atomic E-state index is 14.0. The van der Waals surface area contributed by atoms with Gasteiger partial charge in [0, 0.05) is 5.56 Å². The number of benzene rings is 2. The van der Waals surface area contributed by atoms with E-state index in [4.69, 9.17) is 9.84 Å². The first kappa shape index (κ1) is 20.2. The third-order valence-electron chi connectivity index (χ3n) is 3.58. The number of hydrogen-bond donors (Lipinski definition) is 2. The van der Waals surface area contributed by atoms with Gasteiger partial charge in [0.2, 0.25) is 0 Å². The van der Waals surface area contributed by atoms with E-state index in [0.29, 0.717) is 23.8 Å². The molecule has 2 aromatic rings. The summed E-state index contributed by atoms with van der Waals surface area (Å²) in [6.07, 6.45) is -6.65. The molecule has 0 aliphatic carbocycles. The molecule has 0 spiro atoms. The van der Waals surface area contributed by atoms with Crippen LogP contribution in [0.1, 0.15) is 29.2 Å². The van der Waals surface area contributed by atoms with Crippen LogP contribution in [-0.2, 0) is 22.3 Å². The smallest absolute Gasteiger partial charge is 0.416 e. The molecular weight excluding hydrogens is 370 g/mol. The Bertz CT molecular complexity index is 809. The lowest BCUT2D eigenvalue weighted by Crippen LogP contribution is -2.31. The summed E-state index contributed by atoms with van der Waals surface area (Å²) in [7, 11) is 0. The van der Waals surface area contributed by atoms with Gasteiger partial charge in [-0.2, -0.15) is 13.2 Å². The second-order valence-corrected chi connectivity index (χ2v) is 5.59. The number of alkyl halides is 3. The van der Waals surface area contributed by atoms with Crippen LogP contribution in [0.15, 0.2) is 48.5 Å². The summed E-state index contributed by atoms with van der Waals surface area (Å²) < 4.78 is 57.5. The summed E-state index contributed by atoms with van der Waals surface area (Å²) in [6, 6.07) is 8.57. The largest absolute Gasteiger partial charge is 0.481 e. The van der Waals surface area contributed by atoms with Crippen molar-refractivity contribution in [3.8, 4) is 0 Å². The van der Waals surface area contributed by atoms with Crippen molar-refractivity contribution < 1.29 is 37.0 Å². The Hall–Kier alpha value is -3.10. The van der Waals surface area contributed by atoms with Gasteiger partial charge in [0.25, 0.3) is 0 Å². The van der Waals surface area contributed by atoms with Crippen LogP contribution in [0.3, 0.4) is 0 Å². The van der Waals surface area contributed by atoms with Crippen LogP contribution >= 0.6 is 0 Å². The van der Waals surface area contributed by atoms with E-state index < -0.39 is 47.6 Å². The molecule has 1 amide bonds. The van der Waals surface area contributed by atoms with Gasteiger partial charge in [0.1, 0.15) is 12.4 Å². The van der Waals surface area contributed by atoms with Crippen molar-refractivity contribution in [2.45, 2.75) is 25.2 Å². The van der Waals surface area contributed by atoms with Crippen molar-refractivity contribution >= 4 is 12.1 Å². The summed E-state index contributed by atoms with van der Waals surface area (Å²) >= 11 is 0. The Morgan fingerprint density at radius 1 is 1.11 bits per heavy atom. The van der Waals surface area contributed by atoms with Gasteiger partial charge in [-0.1, -0.05) is 30.3 Å². The molecule has 144 valence electrons. The number of nitrogens with one attached hydrogen (secondary N) is 1. The van der Waals surface area contributed by atoms with Crippen LogP contribution in [0.2, 0.25) is 0 Å². The van der Waals surface area contributed by atoms with Gasteiger partial charge in [0.15, 0.2) is 0 Å². The third kappa shape index (κ3) is 5.98. The number of hydrogen-bond acceptors (Lipinski definition) is 3. The number of carboxylic acids is 1. The van der Waals surface area contributed by atoms with Gasteiger partial charge in [-0.05, 0) is 23.8 Å². The first-order valence-corrected chi connectivity index (χ1v) is 7.72. The minimum Gasteiger partial charge on any atom is -0.481 e. The van der Waals surface area contributed by atoms with E-state index in [2.05, 4.69) is 5.32 Å². The molecule has 0 saturated heterocycles. The Labute approximate surface area is 151 Å². The fourth-order valence-corrected chi connectivity index (χ4v) is 2.31. The van der Waals surface area contributed by atoms with E-state index in [1.165, 1.54) is 0 Å². The zero-order chi connectivity index (χ0) is 20.0. The lowest BCUT2D eigenvalue weighted by Gasteiger charge is -2.19. The number of amides is 1. The molecule has 2 aromatic carbocycles. The van der Waals surface area contributed by atoms with Crippen LogP contribution in [0.4, 0.5) is 22.4 Å². The Morgan fingerprint density at radius 3 is 2.37 bits per heavy atom. The Morgan fingerprint density at radius 2 is 1.78 bits per heavy atom. The predicted octanol–water partition coefficient (Wildman–Crippen LogP) is 4.29. The van der Waals surface area contributed by atoms with Crippen LogP contribution in [0, 0.1) is 5.82 Å². The predicted molar refractivity (Wildman–Crippen MR) is 86.2 cm³/mol. The molecule has 9 heteroatoms. The van der Waals surface area contributed by atoms with Crippen molar-refractivity contribution in [3.63, 3.8) is 0 Å². The van der Waals surface area contributed by atoms with Crippen molar-refractivity contribution in [2.75, 3.05) is 0 Å². The number of carboxylic acid groups (broad SMARTS) is 1. The molecule has 2 N–H and O–H groups in total. The molecule has 0 bridgehead atoms. The number of carbonyl (C=O) groups is 2. The minimum atomic E-state index is -4.75. The number of aliphatic carboxylic acids is 1. The highest BCUT2D eigenvalue weighted by molar-refractivity contribution is 5.72. The van der Waals surface area contributed by atoms with Gasteiger partial charge in [0.05, 0.1) is 18.0 Å². The van der Waals surface area contributed by atoms with Gasteiger partial charge < -0.3 is 15.2 Å². The molecule has 0 aromatic heterocycles. The molecule has 0 fully saturated rings. The number of halogens is 4. The van der Waals surface area contributed by atoms with E-state index >= 15 is 0 Å². The molecule has 1 atom stereocenters. The maximum absolute atomic E-state index is 14.0. The molecule has 2 rings (SSSR count). The lowest BCUT2D eigenvalue weighted by molar-refractivity contribution is -0.138. The molecular formula is C18H15F4NO4. The second kappa shape index (κ2) is 8.52. The normalized spacial score (nSPS) is 12.3. The van der Waals surface area contributed by atoms with E-state index in [0.717, 1.165) is 0 Å². The van der Waals surface area contributed by atoms with E-state index in [1.807, 2.05) is 0 Å². The molecule has 0 aliphatic heterocycles. The second-order valence-electron chi connectivity index (χ2n) is 5.59. The standard InChI is InChI=1S/C18H15F4NO4/c19-14-7-6-12(18(20,21)22)8-13(14)15(9-16(24)25)23-17(26)27-10-11-4-2-1-3-5-11/h1-8,15H,9-10H2,(H,23,26)(H,24,25)/t15-/m0/s1. The zero-order valence-electron chi connectivity index (χ0n) is 13.8. The lowest BCUT2D eigenvalue weighted by atomic mass is 10.0. The Balaban J connectivity index is 2.17. The Kier molecular flexibility index (Phi) is 6.38. The van der Waals surface area contributed by atoms with Crippen molar-refractivity contribution in [1.29, 1.82) is 0 Å². The quantitative estimate of drug-likeness (QED) is 0.728. The highest BCUT2D eigenvalue weighted by atomic mass is 19.4. The highest BCUT2D eigenvalue weighted by Crippen LogP contribution is 2.32. The van der Waals surface area contributed by atoms with Crippen LogP contribution in [0.25, 0.3) is 0 Å². The maximum Gasteiger partial charge on any atom is 0.416 e. The van der Waals surface area contributed by atoms with E-state index in [1.54, 1.807) is 30.3 Å². The first-order chi connectivity index (χ1) is 12.7. The van der Waals surface area contributed by atoms with E-state index in [9.17, 15) is 27.2 Å². The topological polar surface area (TPSA) is 75.6 Å². The fraction of sp³-hybridized carbons (Fsp3) is 0.222. The summed E-state index contributed by atoms with van der Waals surface area (Å²) in [4.78, 5) is 22.9. The molecule has 0 heterocycles. The average Bonchev–Trinajstić information content (AvgIpc) is 2.59. The van der Waals surface area contributed by atoms with Crippen molar-refractivity contribution in [3.05, 3.63) is 71.0 Å². The molecule has 5 nitrogen and oxygen atoms in total. The van der Waals surface area contributed by atoms with Gasteiger partial charge in [-0.25, -0.2) is 9.18 Å². The number of ether oxygens (including phenoxy) is 1. The zero-order valence-corrected chi connectivity index (χ0v) is 13.8. The molecule has 0 radical (unpaired) electrons. The summed E-state index contributed by atoms with van der Waals surface area (Å²) in [6.45, 7) is -0.141. The van der Waals surface area contributed by atoms with Gasteiger partial charge >= 0.3 is 18.2 Å². The number of alkyl carbamates (subject to hydrolysis) is 1. The number of rotatable bonds is 6. The number of carbonyl (C=O) groups excluding carboxylic acids is 1. The monoisotopic (exact) mass is 385 g/mol. The van der Waals surface area contributed by atoms with Gasteiger partial charge in [-0.15, -0.1) is 0 Å². The first-order valence-electron chi connectivity index (χ1n) is 7.72. The fourth-order valence-electron chi connectivity index (χ4n) is 2.31. The summed E-state index contributed by atoms with van der Waals surface area (Å²) in [5, 5.41) is 11.1. The molecule has 0 unspecified atom stereocenters. The highest BCUT2D eigenvalue weighted by Gasteiger charge is 2.32. The summed E-state index contributed by atoms with van der Waals surface area (Å²) in [5.41, 5.74) is -1.11. The molecule has 27 heavy (non-hydrogen) atoms. The third-order valence-corrected chi connectivity index (χ3v) is 3.58. The SMILES string of the molecule is O=C(O)C[C@H](NC(=O)OCc1ccccc1)c1cc(C(F)(F)F)ccc1F. The van der Waals surface area contributed by atoms with Crippen molar-refractivity contribution in [2.24, 2.45) is 0 Å². The van der Waals surface area contributed by atoms with Crippen LogP contribution < -0.4 is 5.32 Å². The molecule has 0 saturated carbocycles. The van der Waals surface area contributed by atoms with Crippen LogP contribution in [0.5, 0.6) is 0 Å². The average molecular weight is 385 g/mol. The minimum absolute atomic E-state index is 0.141. The van der Waals surface area contributed by atoms with E-state index in [-0.39, 0.29) is 6.61 Å². The molecule has 0 aliphatic rings. The van der Waals surface area contributed by atoms with Crippen molar-refractivity contribution in [1.82, 2.24) is 5.32 Å². The van der Waals surface area contributed by atoms with Crippen LogP contribution in [-0.4, -0.2) is 17.2 Å². The van der Waals surface area contributed by atoms with Gasteiger partial charge in [-0.3, -0.25) is 4.79 Å².